The van der Waals surface area contributed by atoms with E-state index in [1.807, 2.05) is 5.92 Å². The van der Waals surface area contributed by atoms with Gasteiger partial charge in [-0.2, -0.15) is 0 Å². The topological polar surface area (TPSA) is 37.3 Å². The zero-order valence-corrected chi connectivity index (χ0v) is 3.77. The van der Waals surface area contributed by atoms with E-state index in [4.69, 9.17) is 5.11 Å². The van der Waals surface area contributed by atoms with E-state index in [2.05, 4.69) is 12.8 Å². The molecule has 0 aromatic carbocycles. The van der Waals surface area contributed by atoms with E-state index in [1.165, 1.54) is 0 Å². The molecule has 2 nitrogen and oxygen atoms in total. The lowest BCUT2D eigenvalue weighted by molar-refractivity contribution is -0.130. The van der Waals surface area contributed by atoms with Gasteiger partial charge in [0.15, 0.2) is 0 Å². The summed E-state index contributed by atoms with van der Waals surface area (Å²) in [6, 6.07) is 0. The highest BCUT2D eigenvalue weighted by Gasteiger charge is 1.78. The van der Waals surface area contributed by atoms with E-state index >= 15 is 0 Å². The summed E-state index contributed by atoms with van der Waals surface area (Å²) in [4.78, 5) is 9.56. The molecule has 0 rings (SSSR count). The predicted octanol–water partition coefficient (Wildman–Crippen LogP) is 0.299. The number of aliphatic carboxylic acids is 1. The Kier molecular flexibility index (Phi) is 2.78. The first kappa shape index (κ1) is 6.03. The molecule has 0 heterocycles. The van der Waals surface area contributed by atoms with Crippen LogP contribution >= 0.6 is 0 Å². The van der Waals surface area contributed by atoms with E-state index in [0.717, 1.165) is 0 Å². The number of carboxylic acid groups (broad SMARTS) is 1. The van der Waals surface area contributed by atoms with E-state index in [0.29, 0.717) is 6.42 Å². The van der Waals surface area contributed by atoms with E-state index in [9.17, 15) is 4.79 Å². The Hall–Kier alpha value is -0.970. The maximum Gasteiger partial charge on any atom is 0.381 e. The molecule has 2 heteroatoms. The molecule has 37 valence electrons. The van der Waals surface area contributed by atoms with Crippen molar-refractivity contribution in [3.63, 3.8) is 0 Å². The number of hydrogen-bond acceptors (Lipinski definition) is 1. The highest BCUT2D eigenvalue weighted by molar-refractivity contribution is 5.86. The van der Waals surface area contributed by atoms with Crippen molar-refractivity contribution in [1.82, 2.24) is 0 Å². The second-order valence-electron chi connectivity index (χ2n) is 0.857. The van der Waals surface area contributed by atoms with Crippen molar-refractivity contribution in [2.45, 2.75) is 6.42 Å². The smallest absolute Gasteiger partial charge is 0.381 e. The Morgan fingerprint density at radius 1 is 1.86 bits per heavy atom. The summed E-state index contributed by atoms with van der Waals surface area (Å²) in [6.45, 7) is 3.32. The minimum absolute atomic E-state index is 0.353. The zero-order chi connectivity index (χ0) is 5.70. The van der Waals surface area contributed by atoms with Crippen LogP contribution in [0.2, 0.25) is 0 Å². The highest BCUT2D eigenvalue weighted by Crippen LogP contribution is 1.64. The fraction of sp³-hybridized carbons (Fsp3) is 0.200. The third kappa shape index (κ3) is 5.03. The van der Waals surface area contributed by atoms with E-state index in [1.54, 1.807) is 0 Å². The van der Waals surface area contributed by atoms with E-state index in [-0.39, 0.29) is 0 Å². The van der Waals surface area contributed by atoms with Crippen molar-refractivity contribution >= 4 is 5.97 Å². The molecular weight excluding hydrogens is 92.1 g/mol. The molecule has 0 unspecified atom stereocenters. The van der Waals surface area contributed by atoms with Crippen LogP contribution < -0.4 is 0 Å². The fourth-order valence-corrected chi connectivity index (χ4v) is 0.138. The number of rotatable bonds is 0. The Labute approximate surface area is 42.2 Å². The highest BCUT2D eigenvalue weighted by atomic mass is 16.4. The van der Waals surface area contributed by atoms with Gasteiger partial charge in [0.2, 0.25) is 0 Å². The molecule has 0 aromatic rings. The normalized spacial score (nSPS) is 6.43. The lowest BCUT2D eigenvalue weighted by atomic mass is 10.5. The number of carboxylic acids is 1. The average molecular weight is 97.1 g/mol. The monoisotopic (exact) mass is 97.0 g/mol. The van der Waals surface area contributed by atoms with Crippen LogP contribution in [0, 0.1) is 18.8 Å². The van der Waals surface area contributed by atoms with Crippen molar-refractivity contribution in [1.29, 1.82) is 0 Å². The van der Waals surface area contributed by atoms with Gasteiger partial charge in [0.25, 0.3) is 0 Å². The Morgan fingerprint density at radius 2 is 2.43 bits per heavy atom. The first-order valence-corrected chi connectivity index (χ1v) is 1.78. The summed E-state index contributed by atoms with van der Waals surface area (Å²) in [6.07, 6.45) is 0.353. The van der Waals surface area contributed by atoms with Gasteiger partial charge in [0.1, 0.15) is 0 Å². The van der Waals surface area contributed by atoms with Crippen molar-refractivity contribution in [2.75, 3.05) is 0 Å². The molecule has 0 saturated carbocycles. The quantitative estimate of drug-likeness (QED) is 0.441. The second-order valence-corrected chi connectivity index (χ2v) is 0.857. The molecule has 0 spiro atoms. The molecular formula is C5H5O2. The summed E-state index contributed by atoms with van der Waals surface area (Å²) >= 11 is 0. The van der Waals surface area contributed by atoms with Gasteiger partial charge in [0.05, 0.1) is 0 Å². The molecule has 0 saturated heterocycles. The lowest BCUT2D eigenvalue weighted by Gasteiger charge is -1.67. The lowest BCUT2D eigenvalue weighted by Crippen LogP contribution is -1.85. The van der Waals surface area contributed by atoms with Gasteiger partial charge in [-0.3, -0.25) is 0 Å². The summed E-state index contributed by atoms with van der Waals surface area (Å²) < 4.78 is 0. The standard InChI is InChI=1S/C5H5O2/c1-2-3-4-5(6)7/h1-2H2,(H,6,7). The molecule has 7 heavy (non-hydrogen) atoms. The molecule has 0 fully saturated rings. The van der Waals surface area contributed by atoms with Gasteiger partial charge in [0, 0.05) is 12.3 Å². The summed E-state index contributed by atoms with van der Waals surface area (Å²) in [5.74, 6) is 3.09. The van der Waals surface area contributed by atoms with Gasteiger partial charge in [-0.25, -0.2) is 4.79 Å². The second kappa shape index (κ2) is 3.23. The van der Waals surface area contributed by atoms with Crippen LogP contribution in [0.1, 0.15) is 6.42 Å². The average Bonchev–Trinajstić information content (AvgIpc) is 1.61. The van der Waals surface area contributed by atoms with Gasteiger partial charge >= 0.3 is 5.97 Å². The molecule has 0 aliphatic rings. The Morgan fingerprint density at radius 3 is 2.57 bits per heavy atom. The van der Waals surface area contributed by atoms with Crippen LogP contribution in [0.3, 0.4) is 0 Å². The van der Waals surface area contributed by atoms with Crippen molar-refractivity contribution in [3.05, 3.63) is 6.92 Å². The molecule has 0 aliphatic heterocycles. The Balaban J connectivity index is 3.45. The minimum atomic E-state index is -1.09. The predicted molar refractivity (Wildman–Crippen MR) is 25.4 cm³/mol. The zero-order valence-electron chi connectivity index (χ0n) is 3.77. The maximum atomic E-state index is 9.56. The summed E-state index contributed by atoms with van der Waals surface area (Å²) in [7, 11) is 0. The summed E-state index contributed by atoms with van der Waals surface area (Å²) in [5.41, 5.74) is 0. The van der Waals surface area contributed by atoms with Crippen molar-refractivity contribution in [2.24, 2.45) is 0 Å². The van der Waals surface area contributed by atoms with Crippen LogP contribution in [-0.2, 0) is 4.79 Å². The maximum absolute atomic E-state index is 9.56. The van der Waals surface area contributed by atoms with Crippen LogP contribution in [0.25, 0.3) is 0 Å². The van der Waals surface area contributed by atoms with Gasteiger partial charge in [-0.05, 0) is 6.92 Å². The Bertz CT molecular complexity index is 116. The molecule has 0 bridgehead atoms. The molecule has 1 radical (unpaired) electrons. The molecule has 0 amide bonds. The minimum Gasteiger partial charge on any atom is -0.472 e. The molecule has 0 aromatic heterocycles. The fourth-order valence-electron chi connectivity index (χ4n) is 0.138. The number of hydrogen-bond donors (Lipinski definition) is 1. The van der Waals surface area contributed by atoms with Crippen molar-refractivity contribution in [3.8, 4) is 11.8 Å². The SMILES string of the molecule is [CH2]CC#CC(=O)O. The van der Waals surface area contributed by atoms with Gasteiger partial charge in [-0.1, -0.05) is 5.92 Å². The largest absolute Gasteiger partial charge is 0.472 e. The van der Waals surface area contributed by atoms with Crippen LogP contribution in [-0.4, -0.2) is 11.1 Å². The number of carbonyl (C=O) groups is 1. The van der Waals surface area contributed by atoms with Gasteiger partial charge < -0.3 is 5.11 Å². The third-order valence-corrected chi connectivity index (χ3v) is 0.320. The third-order valence-electron chi connectivity index (χ3n) is 0.320. The van der Waals surface area contributed by atoms with Crippen LogP contribution in [0.5, 0.6) is 0 Å². The first-order valence-electron chi connectivity index (χ1n) is 1.78. The first-order chi connectivity index (χ1) is 3.27. The van der Waals surface area contributed by atoms with Crippen molar-refractivity contribution < 1.29 is 9.90 Å². The van der Waals surface area contributed by atoms with E-state index < -0.39 is 5.97 Å². The molecule has 0 aliphatic carbocycles. The van der Waals surface area contributed by atoms with Crippen LogP contribution in [0.15, 0.2) is 0 Å². The molecule has 0 atom stereocenters. The molecule has 1 N–H and O–H groups in total. The van der Waals surface area contributed by atoms with Gasteiger partial charge in [-0.15, -0.1) is 0 Å². The summed E-state index contributed by atoms with van der Waals surface area (Å²) in [5, 5.41) is 7.84. The van der Waals surface area contributed by atoms with Crippen LogP contribution in [0.4, 0.5) is 0 Å².